The smallest absolute Gasteiger partial charge is 0.304 e. The van der Waals surface area contributed by atoms with Gasteiger partial charge in [-0.05, 0) is 24.7 Å². The van der Waals surface area contributed by atoms with Crippen LogP contribution in [0.3, 0.4) is 0 Å². The van der Waals surface area contributed by atoms with Gasteiger partial charge in [0.1, 0.15) is 0 Å². The Morgan fingerprint density at radius 3 is 2.59 bits per heavy atom. The predicted molar refractivity (Wildman–Crippen MR) is 58.4 cm³/mol. The zero-order valence-electron chi connectivity index (χ0n) is 9.28. The summed E-state index contributed by atoms with van der Waals surface area (Å²) in [5.41, 5.74) is 6.11. The summed E-state index contributed by atoms with van der Waals surface area (Å²) in [5, 5.41) is 11.4. The van der Waals surface area contributed by atoms with E-state index in [1.165, 1.54) is 6.07 Å². The number of halogens is 2. The van der Waals surface area contributed by atoms with E-state index in [1.54, 1.807) is 7.05 Å². The fraction of sp³-hybridized carbons (Fsp3) is 0.364. The molecule has 4 nitrogen and oxygen atoms in total. The molecular formula is C11H14F2N2O2. The summed E-state index contributed by atoms with van der Waals surface area (Å²) in [5.74, 6) is -2.97. The molecule has 0 amide bonds. The minimum atomic E-state index is -1.04. The van der Waals surface area contributed by atoms with E-state index in [1.807, 2.05) is 0 Å². The van der Waals surface area contributed by atoms with Crippen LogP contribution in [0, 0.1) is 11.6 Å². The van der Waals surface area contributed by atoms with Gasteiger partial charge in [-0.1, -0.05) is 6.07 Å². The average Bonchev–Trinajstić information content (AvgIpc) is 2.23. The summed E-state index contributed by atoms with van der Waals surface area (Å²) in [6.45, 7) is 0. The van der Waals surface area contributed by atoms with Crippen LogP contribution in [0.15, 0.2) is 18.2 Å². The van der Waals surface area contributed by atoms with E-state index in [9.17, 15) is 13.6 Å². The lowest BCUT2D eigenvalue weighted by Gasteiger charge is -2.22. The standard InChI is InChI=1S/C11H14F2N2O2/c1-15-11(9(14)5-10(16)17)6-2-3-7(12)8(13)4-6/h2-4,9,11,15H,5,14H2,1H3,(H,16,17). The van der Waals surface area contributed by atoms with E-state index in [2.05, 4.69) is 5.32 Å². The summed E-state index contributed by atoms with van der Waals surface area (Å²) in [7, 11) is 1.58. The molecule has 0 saturated carbocycles. The highest BCUT2D eigenvalue weighted by atomic mass is 19.2. The number of aliphatic carboxylic acids is 1. The normalized spacial score (nSPS) is 14.4. The van der Waals surface area contributed by atoms with Crippen LogP contribution < -0.4 is 11.1 Å². The Kier molecular flexibility index (Phi) is 4.53. The molecule has 0 aliphatic carbocycles. The molecule has 4 N–H and O–H groups in total. The molecule has 94 valence electrons. The molecule has 1 rings (SSSR count). The molecule has 0 fully saturated rings. The number of nitrogens with one attached hydrogen (secondary N) is 1. The SMILES string of the molecule is CNC(c1ccc(F)c(F)c1)C(N)CC(=O)O. The third-order valence-electron chi connectivity index (χ3n) is 2.45. The zero-order chi connectivity index (χ0) is 13.0. The van der Waals surface area contributed by atoms with E-state index in [0.29, 0.717) is 5.56 Å². The number of hydrogen-bond donors (Lipinski definition) is 3. The molecule has 2 atom stereocenters. The lowest BCUT2D eigenvalue weighted by atomic mass is 9.97. The topological polar surface area (TPSA) is 75.3 Å². The third-order valence-corrected chi connectivity index (χ3v) is 2.45. The van der Waals surface area contributed by atoms with Crippen molar-refractivity contribution < 1.29 is 18.7 Å². The third kappa shape index (κ3) is 3.47. The van der Waals surface area contributed by atoms with E-state index in [0.717, 1.165) is 12.1 Å². The average molecular weight is 244 g/mol. The highest BCUT2D eigenvalue weighted by molar-refractivity contribution is 5.67. The minimum absolute atomic E-state index is 0.259. The quantitative estimate of drug-likeness (QED) is 0.723. The number of likely N-dealkylation sites (N-methyl/N-ethyl adjacent to an activating group) is 1. The van der Waals surface area contributed by atoms with Crippen molar-refractivity contribution in [2.24, 2.45) is 5.73 Å². The van der Waals surface area contributed by atoms with Crippen molar-refractivity contribution in [1.82, 2.24) is 5.32 Å². The molecular weight excluding hydrogens is 230 g/mol. The number of carboxylic acids is 1. The molecule has 2 unspecified atom stereocenters. The number of rotatable bonds is 5. The van der Waals surface area contributed by atoms with Gasteiger partial charge in [0.05, 0.1) is 6.42 Å². The first-order chi connectivity index (χ1) is 7.95. The van der Waals surface area contributed by atoms with Crippen molar-refractivity contribution >= 4 is 5.97 Å². The maximum absolute atomic E-state index is 13.0. The molecule has 0 saturated heterocycles. The molecule has 1 aromatic rings. The van der Waals surface area contributed by atoms with E-state index in [4.69, 9.17) is 10.8 Å². The number of nitrogens with two attached hydrogens (primary N) is 1. The van der Waals surface area contributed by atoms with Crippen LogP contribution >= 0.6 is 0 Å². The van der Waals surface area contributed by atoms with Crippen molar-refractivity contribution in [2.45, 2.75) is 18.5 Å². The van der Waals surface area contributed by atoms with Gasteiger partial charge in [0.15, 0.2) is 11.6 Å². The lowest BCUT2D eigenvalue weighted by molar-refractivity contribution is -0.137. The van der Waals surface area contributed by atoms with Gasteiger partial charge in [0.2, 0.25) is 0 Å². The van der Waals surface area contributed by atoms with Crippen LogP contribution in [0.25, 0.3) is 0 Å². The molecule has 0 bridgehead atoms. The van der Waals surface area contributed by atoms with E-state index >= 15 is 0 Å². The van der Waals surface area contributed by atoms with Crippen molar-refractivity contribution in [3.05, 3.63) is 35.4 Å². The van der Waals surface area contributed by atoms with Gasteiger partial charge >= 0.3 is 5.97 Å². The van der Waals surface area contributed by atoms with Gasteiger partial charge in [-0.3, -0.25) is 4.79 Å². The summed E-state index contributed by atoms with van der Waals surface area (Å²) in [6, 6.07) is 2.12. The van der Waals surface area contributed by atoms with E-state index in [-0.39, 0.29) is 6.42 Å². The van der Waals surface area contributed by atoms with Crippen molar-refractivity contribution in [2.75, 3.05) is 7.05 Å². The highest BCUT2D eigenvalue weighted by Crippen LogP contribution is 2.19. The summed E-state index contributed by atoms with van der Waals surface area (Å²) >= 11 is 0. The maximum atomic E-state index is 13.0. The molecule has 6 heteroatoms. The maximum Gasteiger partial charge on any atom is 0.304 e. The van der Waals surface area contributed by atoms with Gasteiger partial charge in [0.25, 0.3) is 0 Å². The van der Waals surface area contributed by atoms with Crippen LogP contribution in [-0.4, -0.2) is 24.2 Å². The molecule has 0 spiro atoms. The Balaban J connectivity index is 2.92. The number of carboxylic acid groups (broad SMARTS) is 1. The van der Waals surface area contributed by atoms with Crippen molar-refractivity contribution in [3.8, 4) is 0 Å². The Morgan fingerprint density at radius 1 is 1.47 bits per heavy atom. The van der Waals surface area contributed by atoms with Crippen LogP contribution in [-0.2, 0) is 4.79 Å². The fourth-order valence-corrected chi connectivity index (χ4v) is 1.65. The first kappa shape index (κ1) is 13.5. The largest absolute Gasteiger partial charge is 0.481 e. The molecule has 0 heterocycles. The van der Waals surface area contributed by atoms with Crippen molar-refractivity contribution in [1.29, 1.82) is 0 Å². The number of carbonyl (C=O) groups is 1. The Bertz CT molecular complexity index is 412. The second-order valence-electron chi connectivity index (χ2n) is 3.70. The fourth-order valence-electron chi connectivity index (χ4n) is 1.65. The van der Waals surface area contributed by atoms with E-state index < -0.39 is 29.7 Å². The number of benzene rings is 1. The molecule has 1 aromatic carbocycles. The van der Waals surface area contributed by atoms with Crippen LogP contribution in [0.1, 0.15) is 18.0 Å². The monoisotopic (exact) mass is 244 g/mol. The second kappa shape index (κ2) is 5.70. The second-order valence-corrected chi connectivity index (χ2v) is 3.70. The first-order valence-corrected chi connectivity index (χ1v) is 5.05. The van der Waals surface area contributed by atoms with Gasteiger partial charge in [0, 0.05) is 12.1 Å². The Hall–Kier alpha value is -1.53. The van der Waals surface area contributed by atoms with Gasteiger partial charge in [-0.25, -0.2) is 8.78 Å². The molecule has 0 radical (unpaired) electrons. The zero-order valence-corrected chi connectivity index (χ0v) is 9.28. The highest BCUT2D eigenvalue weighted by Gasteiger charge is 2.21. The van der Waals surface area contributed by atoms with Crippen LogP contribution in [0.4, 0.5) is 8.78 Å². The summed E-state index contributed by atoms with van der Waals surface area (Å²) in [4.78, 5) is 10.5. The minimum Gasteiger partial charge on any atom is -0.481 e. The Morgan fingerprint density at radius 2 is 2.12 bits per heavy atom. The van der Waals surface area contributed by atoms with Gasteiger partial charge in [-0.2, -0.15) is 0 Å². The number of hydrogen-bond acceptors (Lipinski definition) is 3. The lowest BCUT2D eigenvalue weighted by Crippen LogP contribution is -2.38. The van der Waals surface area contributed by atoms with Crippen LogP contribution in [0.5, 0.6) is 0 Å². The molecule has 17 heavy (non-hydrogen) atoms. The van der Waals surface area contributed by atoms with Crippen LogP contribution in [0.2, 0.25) is 0 Å². The van der Waals surface area contributed by atoms with Gasteiger partial charge < -0.3 is 16.2 Å². The molecule has 0 aliphatic heterocycles. The van der Waals surface area contributed by atoms with Crippen molar-refractivity contribution in [3.63, 3.8) is 0 Å². The molecule has 0 aromatic heterocycles. The Labute approximate surface area is 97.4 Å². The summed E-state index contributed by atoms with van der Waals surface area (Å²) in [6.07, 6.45) is -0.259. The molecule has 0 aliphatic rings. The van der Waals surface area contributed by atoms with Gasteiger partial charge in [-0.15, -0.1) is 0 Å². The predicted octanol–water partition coefficient (Wildman–Crippen LogP) is 1.03. The summed E-state index contributed by atoms with van der Waals surface area (Å²) < 4.78 is 25.8. The first-order valence-electron chi connectivity index (χ1n) is 5.05.